The maximum atomic E-state index is 13.0. The van der Waals surface area contributed by atoms with Crippen LogP contribution in [0.4, 0.5) is 13.2 Å². The van der Waals surface area contributed by atoms with Gasteiger partial charge in [0.1, 0.15) is 15.7 Å². The Kier molecular flexibility index (Phi) is 4.17. The molecule has 1 aliphatic rings. The average molecular weight is 355 g/mol. The van der Waals surface area contributed by atoms with E-state index in [4.69, 9.17) is 0 Å². The van der Waals surface area contributed by atoms with E-state index >= 15 is 0 Å². The fraction of sp³-hybridized carbons (Fsp3) is 0.167. The fourth-order valence-electron chi connectivity index (χ4n) is 3.31. The second kappa shape index (κ2) is 5.97. The van der Waals surface area contributed by atoms with Gasteiger partial charge in [0.05, 0.1) is 5.56 Å². The van der Waals surface area contributed by atoms with Crippen LogP contribution >= 0.6 is 0 Å². The largest absolute Gasteiger partial charge is 0.417 e. The van der Waals surface area contributed by atoms with Crippen LogP contribution in [0.15, 0.2) is 53.7 Å². The highest BCUT2D eigenvalue weighted by Crippen LogP contribution is 2.36. The van der Waals surface area contributed by atoms with Crippen molar-refractivity contribution in [1.82, 2.24) is 4.98 Å². The molecule has 1 aromatic carbocycles. The lowest BCUT2D eigenvalue weighted by Gasteiger charge is -2.31. The van der Waals surface area contributed by atoms with Gasteiger partial charge < -0.3 is 0 Å². The minimum atomic E-state index is -4.49. The number of halogens is 3. The van der Waals surface area contributed by atoms with Gasteiger partial charge in [-0.25, -0.2) is 0 Å². The van der Waals surface area contributed by atoms with Crippen LogP contribution in [0.3, 0.4) is 0 Å². The van der Waals surface area contributed by atoms with Crippen LogP contribution in [0.2, 0.25) is 0 Å². The van der Waals surface area contributed by atoms with E-state index < -0.39 is 17.0 Å². The molecule has 0 bridgehead atoms. The minimum Gasteiger partial charge on any atom is -0.289 e. The van der Waals surface area contributed by atoms with Crippen LogP contribution in [-0.4, -0.2) is 32.2 Å². The number of Topliss-reactive ketones (excluding diaryl/α,β-unsaturated/α-hetero) is 2. The zero-order valence-corrected chi connectivity index (χ0v) is 14.4. The summed E-state index contributed by atoms with van der Waals surface area (Å²) >= 11 is 0. The quantitative estimate of drug-likeness (QED) is 0.774. The number of hydrogen-bond donors (Lipinski definition) is 0. The number of pyridine rings is 1. The topological polar surface area (TPSA) is 47.0 Å². The van der Waals surface area contributed by atoms with Crippen molar-refractivity contribution in [1.29, 1.82) is 0 Å². The summed E-state index contributed by atoms with van der Waals surface area (Å²) in [5.41, 5.74) is 0.626. The van der Waals surface area contributed by atoms with Crippen molar-refractivity contribution in [3.63, 3.8) is 0 Å². The van der Waals surface area contributed by atoms with E-state index in [0.29, 0.717) is 22.4 Å². The van der Waals surface area contributed by atoms with Crippen molar-refractivity contribution >= 4 is 27.3 Å². The van der Waals surface area contributed by atoms with E-state index in [-0.39, 0.29) is 17.1 Å². The SMILES string of the molecule is BC(B)(C1=C(C)C(=O)c2ccccc2C1=O)c1ccc(C(F)(F)F)cn1. The zero-order valence-electron chi connectivity index (χ0n) is 14.4. The Hall–Kier alpha value is -2.63. The first-order valence-electron chi connectivity index (χ1n) is 7.98. The molecule has 2 aromatic rings. The molecule has 8 heteroatoms. The first-order valence-corrected chi connectivity index (χ1v) is 7.98. The Bertz CT molecular complexity index is 948. The lowest BCUT2D eigenvalue weighted by molar-refractivity contribution is -0.137. The van der Waals surface area contributed by atoms with Gasteiger partial charge in [0.2, 0.25) is 0 Å². The highest BCUT2D eigenvalue weighted by atomic mass is 19.4. The van der Waals surface area contributed by atoms with Crippen molar-refractivity contribution in [3.05, 3.63) is 76.1 Å². The lowest BCUT2D eigenvalue weighted by Crippen LogP contribution is -2.39. The number of allylic oxidation sites excluding steroid dienone is 2. The third kappa shape index (κ3) is 2.79. The fourth-order valence-corrected chi connectivity index (χ4v) is 3.31. The summed E-state index contributed by atoms with van der Waals surface area (Å²) in [6.45, 7) is 1.57. The molecular formula is C18H14B2F3NO2. The van der Waals surface area contributed by atoms with E-state index in [1.165, 1.54) is 6.07 Å². The van der Waals surface area contributed by atoms with Gasteiger partial charge in [-0.15, -0.1) is 0 Å². The standard InChI is InChI=1S/C18H14B2F3NO2/c1-9-14(16(26)12-5-3-2-4-11(12)15(9)25)17(19,20)13-7-6-10(8-24-13)18(21,22)23/h2-8H,19-20H2,1H3. The number of carbonyl (C=O) groups excluding carboxylic acids is 2. The molecule has 1 aromatic heterocycles. The second-order valence-corrected chi connectivity index (χ2v) is 6.76. The van der Waals surface area contributed by atoms with Gasteiger partial charge in [0.15, 0.2) is 11.6 Å². The van der Waals surface area contributed by atoms with Crippen molar-refractivity contribution < 1.29 is 22.8 Å². The summed E-state index contributed by atoms with van der Waals surface area (Å²) in [5.74, 6) is -0.556. The van der Waals surface area contributed by atoms with E-state index in [1.54, 1.807) is 46.9 Å². The molecule has 0 saturated heterocycles. The molecule has 0 spiro atoms. The summed E-state index contributed by atoms with van der Waals surface area (Å²) in [7, 11) is 3.36. The van der Waals surface area contributed by atoms with Crippen LogP contribution in [-0.2, 0) is 11.4 Å². The highest BCUT2D eigenvalue weighted by Gasteiger charge is 2.40. The third-order valence-electron chi connectivity index (χ3n) is 4.72. The van der Waals surface area contributed by atoms with Gasteiger partial charge in [0.25, 0.3) is 0 Å². The minimum absolute atomic E-state index is 0.254. The van der Waals surface area contributed by atoms with Crippen molar-refractivity contribution in [2.45, 2.75) is 18.3 Å². The first-order chi connectivity index (χ1) is 12.0. The number of hydrogen-bond acceptors (Lipinski definition) is 3. The number of carbonyl (C=O) groups is 2. The van der Waals surface area contributed by atoms with Crippen LogP contribution < -0.4 is 0 Å². The van der Waals surface area contributed by atoms with Gasteiger partial charge >= 0.3 is 6.18 Å². The molecule has 130 valence electrons. The summed E-state index contributed by atoms with van der Waals surface area (Å²) in [6.07, 6.45) is -3.74. The molecule has 0 radical (unpaired) electrons. The van der Waals surface area contributed by atoms with Crippen molar-refractivity contribution in [3.8, 4) is 0 Å². The molecule has 0 saturated carbocycles. The Morgan fingerprint density at radius 3 is 2.00 bits per heavy atom. The molecule has 0 N–H and O–H groups in total. The third-order valence-corrected chi connectivity index (χ3v) is 4.72. The molecule has 0 amide bonds. The normalized spacial score (nSPS) is 15.2. The van der Waals surface area contributed by atoms with Gasteiger partial charge in [0, 0.05) is 34.2 Å². The van der Waals surface area contributed by atoms with Crippen LogP contribution in [0.25, 0.3) is 0 Å². The summed E-state index contributed by atoms with van der Waals surface area (Å²) in [4.78, 5) is 29.6. The first kappa shape index (κ1) is 18.2. The van der Waals surface area contributed by atoms with Gasteiger partial charge in [-0.05, 0) is 24.3 Å². The molecule has 0 aliphatic heterocycles. The Balaban J connectivity index is 2.11. The summed E-state index contributed by atoms with van der Waals surface area (Å²) in [5, 5.41) is -1.02. The second-order valence-electron chi connectivity index (χ2n) is 6.76. The Morgan fingerprint density at radius 2 is 1.50 bits per heavy atom. The molecule has 26 heavy (non-hydrogen) atoms. The monoisotopic (exact) mass is 355 g/mol. The van der Waals surface area contributed by atoms with E-state index in [0.717, 1.165) is 12.3 Å². The Morgan fingerprint density at radius 1 is 0.923 bits per heavy atom. The van der Waals surface area contributed by atoms with Crippen LogP contribution in [0.1, 0.15) is 38.9 Å². The lowest BCUT2D eigenvalue weighted by atomic mass is 9.46. The number of ketones is 2. The van der Waals surface area contributed by atoms with Crippen molar-refractivity contribution in [2.75, 3.05) is 0 Å². The number of fused-ring (bicyclic) bond motifs is 1. The molecule has 3 rings (SSSR count). The Labute approximate surface area is 150 Å². The van der Waals surface area contributed by atoms with Gasteiger partial charge in [-0.3, -0.25) is 14.6 Å². The average Bonchev–Trinajstić information content (AvgIpc) is 2.59. The van der Waals surface area contributed by atoms with Crippen LogP contribution in [0.5, 0.6) is 0 Å². The molecule has 0 fully saturated rings. The number of aromatic nitrogens is 1. The molecule has 0 atom stereocenters. The molecule has 1 aliphatic carbocycles. The molecule has 1 heterocycles. The number of alkyl halides is 3. The van der Waals surface area contributed by atoms with Gasteiger partial charge in [-0.1, -0.05) is 24.3 Å². The predicted molar refractivity (Wildman–Crippen MR) is 95.8 cm³/mol. The summed E-state index contributed by atoms with van der Waals surface area (Å²) < 4.78 is 38.3. The van der Waals surface area contributed by atoms with Crippen LogP contribution in [0, 0.1) is 0 Å². The molecular weight excluding hydrogens is 341 g/mol. The van der Waals surface area contributed by atoms with Crippen molar-refractivity contribution in [2.24, 2.45) is 0 Å². The van der Waals surface area contributed by atoms with Gasteiger partial charge in [-0.2, -0.15) is 13.2 Å². The van der Waals surface area contributed by atoms with E-state index in [1.807, 2.05) is 0 Å². The molecule has 3 nitrogen and oxygen atoms in total. The van der Waals surface area contributed by atoms with E-state index in [9.17, 15) is 22.8 Å². The highest BCUT2D eigenvalue weighted by molar-refractivity contribution is 6.47. The predicted octanol–water partition coefficient (Wildman–Crippen LogP) is 1.92. The number of benzene rings is 1. The maximum absolute atomic E-state index is 13.0. The smallest absolute Gasteiger partial charge is 0.289 e. The number of rotatable bonds is 2. The molecule has 0 unspecified atom stereocenters. The van der Waals surface area contributed by atoms with E-state index in [2.05, 4.69) is 4.98 Å². The zero-order chi connectivity index (χ0) is 19.3. The summed E-state index contributed by atoms with van der Waals surface area (Å²) in [6, 6.07) is 8.72. The number of nitrogens with zero attached hydrogens (tertiary/aromatic N) is 1. The maximum Gasteiger partial charge on any atom is 0.417 e.